The van der Waals surface area contributed by atoms with Gasteiger partial charge in [0, 0.05) is 49.9 Å². The number of aromatic nitrogens is 5. The van der Waals surface area contributed by atoms with Crippen LogP contribution in [0.2, 0.25) is 0 Å². The molecule has 192 valence electrons. The summed E-state index contributed by atoms with van der Waals surface area (Å²) < 4.78 is 2.41. The fourth-order valence-corrected chi connectivity index (χ4v) is 6.38. The normalized spacial score (nSPS) is 11.4. The maximum Gasteiger partial charge on any atom is 0.164 e. The van der Waals surface area contributed by atoms with Crippen molar-refractivity contribution < 1.29 is 0 Å². The van der Waals surface area contributed by atoms with Crippen molar-refractivity contribution in [3.05, 3.63) is 128 Å². The third-order valence-corrected chi connectivity index (χ3v) is 8.41. The maximum absolute atomic E-state index is 4.88. The topological polar surface area (TPSA) is 64.5 Å². The summed E-state index contributed by atoms with van der Waals surface area (Å²) >= 11 is 1.76. The summed E-state index contributed by atoms with van der Waals surface area (Å²) in [7, 11) is 0. The van der Waals surface area contributed by atoms with Crippen molar-refractivity contribution in [3.63, 3.8) is 0 Å². The average molecular weight is 544 g/mol. The van der Waals surface area contributed by atoms with Crippen molar-refractivity contribution in [2.75, 3.05) is 0 Å². The van der Waals surface area contributed by atoms with Crippen molar-refractivity contribution in [2.24, 2.45) is 0 Å². The van der Waals surface area contributed by atoms with Crippen LogP contribution in [-0.2, 0) is 0 Å². The number of nitrogens with zero attached hydrogens (tertiary/aromatic N) is 5. The van der Waals surface area contributed by atoms with Gasteiger partial charge in [-0.2, -0.15) is 0 Å². The summed E-state index contributed by atoms with van der Waals surface area (Å²) in [5.74, 6) is 1.91. The van der Waals surface area contributed by atoms with Crippen LogP contribution in [0.4, 0.5) is 0 Å². The van der Waals surface area contributed by atoms with E-state index in [0.29, 0.717) is 17.5 Å². The molecular formula is C35H21N5S. The second kappa shape index (κ2) is 9.70. The van der Waals surface area contributed by atoms with E-state index in [-0.39, 0.29) is 0 Å². The standard InChI is InChI=1S/C35H21N5S/c1-3-9-22(10-4-1)33-38-34(23-11-5-2-6-12-23)40-35(39-33)25-16-15-24-20-29(37-21-26(24)19-25)31-32-28(17-18-36-31)27-13-7-8-14-30(27)41-32/h1-21H. The molecule has 0 fully saturated rings. The van der Waals surface area contributed by atoms with E-state index in [1.807, 2.05) is 73.1 Å². The van der Waals surface area contributed by atoms with Crippen molar-refractivity contribution in [1.29, 1.82) is 0 Å². The van der Waals surface area contributed by atoms with Crippen molar-refractivity contribution >= 4 is 42.3 Å². The average Bonchev–Trinajstić information content (AvgIpc) is 3.44. The van der Waals surface area contributed by atoms with Gasteiger partial charge in [-0.15, -0.1) is 11.3 Å². The molecule has 0 saturated heterocycles. The van der Waals surface area contributed by atoms with Gasteiger partial charge >= 0.3 is 0 Å². The summed E-state index contributed by atoms with van der Waals surface area (Å²) in [6.07, 6.45) is 3.79. The highest BCUT2D eigenvalue weighted by molar-refractivity contribution is 7.26. The van der Waals surface area contributed by atoms with Crippen LogP contribution in [0, 0.1) is 0 Å². The molecule has 8 aromatic rings. The summed E-state index contributed by atoms with van der Waals surface area (Å²) in [4.78, 5) is 24.2. The predicted molar refractivity (Wildman–Crippen MR) is 168 cm³/mol. The van der Waals surface area contributed by atoms with Crippen molar-refractivity contribution in [1.82, 2.24) is 24.9 Å². The van der Waals surface area contributed by atoms with Gasteiger partial charge in [0.05, 0.1) is 10.4 Å². The molecule has 0 bridgehead atoms. The van der Waals surface area contributed by atoms with E-state index in [0.717, 1.165) is 43.6 Å². The molecule has 0 aliphatic carbocycles. The van der Waals surface area contributed by atoms with Crippen LogP contribution in [0.3, 0.4) is 0 Å². The van der Waals surface area contributed by atoms with Crippen LogP contribution >= 0.6 is 11.3 Å². The van der Waals surface area contributed by atoms with Crippen LogP contribution in [-0.4, -0.2) is 24.9 Å². The minimum Gasteiger partial charge on any atom is -0.254 e. The second-order valence-corrected chi connectivity index (χ2v) is 10.9. The first kappa shape index (κ1) is 23.5. The SMILES string of the molecule is c1ccc(-c2nc(-c3ccccc3)nc(-c3ccc4cc(-c5nccc6c5sc5ccccc56)ncc4c3)n2)cc1. The Morgan fingerprint density at radius 3 is 1.88 bits per heavy atom. The van der Waals surface area contributed by atoms with Gasteiger partial charge in [0.15, 0.2) is 17.5 Å². The van der Waals surface area contributed by atoms with E-state index in [1.165, 1.54) is 15.5 Å². The van der Waals surface area contributed by atoms with Gasteiger partial charge < -0.3 is 0 Å². The number of pyridine rings is 2. The van der Waals surface area contributed by atoms with Gasteiger partial charge in [0.25, 0.3) is 0 Å². The number of hydrogen-bond acceptors (Lipinski definition) is 6. The zero-order valence-electron chi connectivity index (χ0n) is 21.8. The zero-order chi connectivity index (χ0) is 27.2. The number of thiophene rings is 1. The lowest BCUT2D eigenvalue weighted by Crippen LogP contribution is -2.00. The lowest BCUT2D eigenvalue weighted by molar-refractivity contribution is 1.07. The first-order valence-electron chi connectivity index (χ1n) is 13.3. The summed E-state index contributed by atoms with van der Waals surface area (Å²) in [5.41, 5.74) is 4.58. The Labute approximate surface area is 239 Å². The van der Waals surface area contributed by atoms with Crippen LogP contribution in [0.15, 0.2) is 128 Å². The van der Waals surface area contributed by atoms with Crippen LogP contribution in [0.1, 0.15) is 0 Å². The van der Waals surface area contributed by atoms with Gasteiger partial charge in [-0.05, 0) is 29.7 Å². The number of hydrogen-bond donors (Lipinski definition) is 0. The summed E-state index contributed by atoms with van der Waals surface area (Å²) in [6.45, 7) is 0. The Hall–Kier alpha value is -5.33. The van der Waals surface area contributed by atoms with Crippen molar-refractivity contribution in [2.45, 2.75) is 0 Å². The molecule has 8 rings (SSSR count). The highest BCUT2D eigenvalue weighted by atomic mass is 32.1. The Morgan fingerprint density at radius 1 is 0.488 bits per heavy atom. The third kappa shape index (κ3) is 4.22. The summed E-state index contributed by atoms with van der Waals surface area (Å²) in [5, 5.41) is 4.56. The molecule has 4 heterocycles. The summed E-state index contributed by atoms with van der Waals surface area (Å²) in [6, 6.07) is 39.0. The number of benzene rings is 4. The molecule has 0 aliphatic heterocycles. The van der Waals surface area contributed by atoms with Crippen LogP contribution in [0.25, 0.3) is 76.5 Å². The van der Waals surface area contributed by atoms with Crippen LogP contribution < -0.4 is 0 Å². The number of fused-ring (bicyclic) bond motifs is 4. The van der Waals surface area contributed by atoms with E-state index in [9.17, 15) is 0 Å². The fourth-order valence-electron chi connectivity index (χ4n) is 5.18. The Balaban J connectivity index is 1.24. The first-order chi connectivity index (χ1) is 20.3. The molecule has 0 saturated carbocycles. The lowest BCUT2D eigenvalue weighted by atomic mass is 10.1. The van der Waals surface area contributed by atoms with Crippen LogP contribution in [0.5, 0.6) is 0 Å². The molecule has 0 N–H and O–H groups in total. The van der Waals surface area contributed by atoms with E-state index < -0.39 is 0 Å². The molecule has 0 atom stereocenters. The van der Waals surface area contributed by atoms with Gasteiger partial charge in [0.2, 0.25) is 0 Å². The largest absolute Gasteiger partial charge is 0.254 e. The van der Waals surface area contributed by atoms with E-state index >= 15 is 0 Å². The highest BCUT2D eigenvalue weighted by Gasteiger charge is 2.15. The van der Waals surface area contributed by atoms with E-state index in [2.05, 4.69) is 54.6 Å². The first-order valence-corrected chi connectivity index (χ1v) is 14.2. The van der Waals surface area contributed by atoms with Gasteiger partial charge in [-0.1, -0.05) is 91.0 Å². The van der Waals surface area contributed by atoms with E-state index in [1.54, 1.807) is 11.3 Å². The molecule has 4 aromatic carbocycles. The van der Waals surface area contributed by atoms with Gasteiger partial charge in [-0.25, -0.2) is 15.0 Å². The Kier molecular flexibility index (Phi) is 5.57. The molecular weight excluding hydrogens is 522 g/mol. The molecule has 4 aromatic heterocycles. The van der Waals surface area contributed by atoms with Gasteiger partial charge in [0.1, 0.15) is 5.69 Å². The number of rotatable bonds is 4. The second-order valence-electron chi connectivity index (χ2n) is 9.80. The van der Waals surface area contributed by atoms with Gasteiger partial charge in [-0.3, -0.25) is 9.97 Å². The van der Waals surface area contributed by atoms with Crippen molar-refractivity contribution in [3.8, 4) is 45.6 Å². The molecule has 5 nitrogen and oxygen atoms in total. The predicted octanol–water partition coefficient (Wildman–Crippen LogP) is 8.85. The molecule has 0 radical (unpaired) electrons. The highest BCUT2D eigenvalue weighted by Crippen LogP contribution is 2.38. The molecule has 0 unspecified atom stereocenters. The Bertz CT molecular complexity index is 2150. The fraction of sp³-hybridized carbons (Fsp3) is 0. The monoisotopic (exact) mass is 543 g/mol. The minimum atomic E-state index is 0.625. The zero-order valence-corrected chi connectivity index (χ0v) is 22.6. The molecule has 0 amide bonds. The minimum absolute atomic E-state index is 0.625. The Morgan fingerprint density at radius 2 is 1.15 bits per heavy atom. The molecule has 41 heavy (non-hydrogen) atoms. The lowest BCUT2D eigenvalue weighted by Gasteiger charge is -2.09. The molecule has 6 heteroatoms. The van der Waals surface area contributed by atoms with E-state index in [4.69, 9.17) is 24.9 Å². The third-order valence-electron chi connectivity index (χ3n) is 7.22. The maximum atomic E-state index is 4.88. The molecule has 0 spiro atoms. The smallest absolute Gasteiger partial charge is 0.164 e. The molecule has 0 aliphatic rings. The quantitative estimate of drug-likeness (QED) is 0.222.